The number of pyridine rings is 1. The summed E-state index contributed by atoms with van der Waals surface area (Å²) in [6.45, 7) is 3.00. The molecule has 92 valence electrons. The molecule has 1 aliphatic rings. The summed E-state index contributed by atoms with van der Waals surface area (Å²) in [6.07, 6.45) is 8.00. The molecule has 2 rings (SSSR count). The van der Waals surface area contributed by atoms with E-state index in [1.165, 1.54) is 12.8 Å². The normalized spacial score (nSPS) is 21.1. The van der Waals surface area contributed by atoms with Gasteiger partial charge in [0.25, 0.3) is 5.91 Å². The summed E-state index contributed by atoms with van der Waals surface area (Å²) >= 11 is 3.35. The predicted molar refractivity (Wildman–Crippen MR) is 70.9 cm³/mol. The second kappa shape index (κ2) is 5.63. The molecule has 0 spiro atoms. The average molecular weight is 297 g/mol. The quantitative estimate of drug-likeness (QED) is 0.797. The molecule has 1 atom stereocenters. The maximum Gasteiger partial charge on any atom is 0.255 e. The topological polar surface area (TPSA) is 33.2 Å². The molecule has 1 unspecified atom stereocenters. The monoisotopic (exact) mass is 296 g/mol. The van der Waals surface area contributed by atoms with E-state index < -0.39 is 0 Å². The number of likely N-dealkylation sites (tertiary alicyclic amines) is 1. The number of rotatable bonds is 1. The van der Waals surface area contributed by atoms with Crippen LogP contribution in [0.1, 0.15) is 43.0 Å². The Labute approximate surface area is 110 Å². The minimum absolute atomic E-state index is 0.105. The van der Waals surface area contributed by atoms with Crippen molar-refractivity contribution < 1.29 is 4.79 Å². The lowest BCUT2D eigenvalue weighted by Crippen LogP contribution is -2.38. The highest BCUT2D eigenvalue weighted by atomic mass is 79.9. The molecule has 0 bridgehead atoms. The van der Waals surface area contributed by atoms with Crippen molar-refractivity contribution in [1.29, 1.82) is 0 Å². The van der Waals surface area contributed by atoms with Gasteiger partial charge < -0.3 is 4.90 Å². The lowest BCUT2D eigenvalue weighted by Gasteiger charge is -2.27. The second-order valence-corrected chi connectivity index (χ2v) is 5.50. The van der Waals surface area contributed by atoms with Crippen molar-refractivity contribution in [3.05, 3.63) is 28.5 Å². The van der Waals surface area contributed by atoms with Gasteiger partial charge in [-0.3, -0.25) is 9.78 Å². The number of amides is 1. The molecule has 1 aromatic rings. The van der Waals surface area contributed by atoms with Crippen LogP contribution in [-0.4, -0.2) is 28.4 Å². The van der Waals surface area contributed by atoms with Gasteiger partial charge in [0, 0.05) is 29.5 Å². The highest BCUT2D eigenvalue weighted by molar-refractivity contribution is 9.10. The molecule has 1 amide bonds. The fraction of sp³-hybridized carbons (Fsp3) is 0.538. The molecule has 2 heterocycles. The van der Waals surface area contributed by atoms with Crippen LogP contribution in [0.25, 0.3) is 0 Å². The van der Waals surface area contributed by atoms with Crippen LogP contribution in [0.2, 0.25) is 0 Å². The van der Waals surface area contributed by atoms with Gasteiger partial charge in [0.15, 0.2) is 0 Å². The third kappa shape index (κ3) is 3.06. The van der Waals surface area contributed by atoms with Crippen molar-refractivity contribution in [1.82, 2.24) is 9.88 Å². The summed E-state index contributed by atoms with van der Waals surface area (Å²) in [6, 6.07) is 2.18. The highest BCUT2D eigenvalue weighted by Crippen LogP contribution is 2.19. The van der Waals surface area contributed by atoms with Gasteiger partial charge in [-0.15, -0.1) is 0 Å². The Hall–Kier alpha value is -0.900. The molecular formula is C13H17BrN2O. The van der Waals surface area contributed by atoms with E-state index in [9.17, 15) is 4.79 Å². The van der Waals surface area contributed by atoms with E-state index >= 15 is 0 Å². The van der Waals surface area contributed by atoms with E-state index in [0.717, 1.165) is 23.9 Å². The number of hydrogen-bond acceptors (Lipinski definition) is 2. The van der Waals surface area contributed by atoms with Crippen LogP contribution in [0.15, 0.2) is 22.9 Å². The maximum absolute atomic E-state index is 12.4. The Morgan fingerprint density at radius 3 is 3.00 bits per heavy atom. The van der Waals surface area contributed by atoms with E-state index in [2.05, 4.69) is 27.8 Å². The zero-order valence-corrected chi connectivity index (χ0v) is 11.6. The molecule has 0 aliphatic carbocycles. The third-order valence-electron chi connectivity index (χ3n) is 3.27. The molecule has 0 saturated carbocycles. The SMILES string of the molecule is CC1CCCCCN1C(=O)c1cncc(Br)c1. The number of carbonyl (C=O) groups excluding carboxylic acids is 1. The molecule has 1 aliphatic heterocycles. The largest absolute Gasteiger partial charge is 0.336 e. The van der Waals surface area contributed by atoms with Crippen molar-refractivity contribution >= 4 is 21.8 Å². The lowest BCUT2D eigenvalue weighted by molar-refractivity contribution is 0.0697. The van der Waals surface area contributed by atoms with Crippen LogP contribution in [0.4, 0.5) is 0 Å². The molecule has 1 fully saturated rings. The molecule has 0 aromatic carbocycles. The summed E-state index contributed by atoms with van der Waals surface area (Å²) < 4.78 is 0.853. The minimum Gasteiger partial charge on any atom is -0.336 e. The summed E-state index contributed by atoms with van der Waals surface area (Å²) in [5, 5.41) is 0. The van der Waals surface area contributed by atoms with E-state index in [4.69, 9.17) is 0 Å². The Kier molecular flexibility index (Phi) is 4.15. The Balaban J connectivity index is 2.18. The first-order chi connectivity index (χ1) is 8.18. The van der Waals surface area contributed by atoms with E-state index in [1.54, 1.807) is 12.4 Å². The zero-order chi connectivity index (χ0) is 12.3. The Morgan fingerprint density at radius 2 is 2.24 bits per heavy atom. The molecule has 1 aromatic heterocycles. The number of hydrogen-bond donors (Lipinski definition) is 0. The summed E-state index contributed by atoms with van der Waals surface area (Å²) in [4.78, 5) is 18.4. The van der Waals surface area contributed by atoms with Gasteiger partial charge in [-0.25, -0.2) is 0 Å². The van der Waals surface area contributed by atoms with Crippen molar-refractivity contribution in [2.75, 3.05) is 6.54 Å². The Bertz CT molecular complexity index is 408. The fourth-order valence-electron chi connectivity index (χ4n) is 2.27. The molecule has 4 heteroatoms. The fourth-order valence-corrected chi connectivity index (χ4v) is 2.64. The van der Waals surface area contributed by atoms with Crippen LogP contribution in [0.3, 0.4) is 0 Å². The first kappa shape index (κ1) is 12.6. The Morgan fingerprint density at radius 1 is 1.41 bits per heavy atom. The standard InChI is InChI=1S/C13H17BrN2O/c1-10-5-3-2-4-6-16(10)13(17)11-7-12(14)9-15-8-11/h7-10H,2-6H2,1H3. The first-order valence-corrected chi connectivity index (χ1v) is 6.89. The highest BCUT2D eigenvalue weighted by Gasteiger charge is 2.23. The first-order valence-electron chi connectivity index (χ1n) is 6.10. The van der Waals surface area contributed by atoms with Gasteiger partial charge >= 0.3 is 0 Å². The average Bonchev–Trinajstić information content (AvgIpc) is 2.53. The molecular weight excluding hydrogens is 280 g/mol. The van der Waals surface area contributed by atoms with Gasteiger partial charge in [-0.2, -0.15) is 0 Å². The van der Waals surface area contributed by atoms with Crippen molar-refractivity contribution in [3.8, 4) is 0 Å². The molecule has 3 nitrogen and oxygen atoms in total. The van der Waals surface area contributed by atoms with Crippen LogP contribution in [0.5, 0.6) is 0 Å². The molecule has 17 heavy (non-hydrogen) atoms. The van der Waals surface area contributed by atoms with Gasteiger partial charge in [0.2, 0.25) is 0 Å². The van der Waals surface area contributed by atoms with E-state index in [-0.39, 0.29) is 5.91 Å². The van der Waals surface area contributed by atoms with Gasteiger partial charge in [-0.05, 0) is 41.8 Å². The second-order valence-electron chi connectivity index (χ2n) is 4.59. The van der Waals surface area contributed by atoms with Crippen molar-refractivity contribution in [2.24, 2.45) is 0 Å². The minimum atomic E-state index is 0.105. The predicted octanol–water partition coefficient (Wildman–Crippen LogP) is 3.25. The van der Waals surface area contributed by atoms with Crippen LogP contribution in [-0.2, 0) is 0 Å². The lowest BCUT2D eigenvalue weighted by atomic mass is 10.1. The van der Waals surface area contributed by atoms with Crippen LogP contribution < -0.4 is 0 Å². The van der Waals surface area contributed by atoms with Gasteiger partial charge in [0.05, 0.1) is 5.56 Å². The van der Waals surface area contributed by atoms with Crippen LogP contribution in [0, 0.1) is 0 Å². The molecule has 1 saturated heterocycles. The van der Waals surface area contributed by atoms with E-state index in [0.29, 0.717) is 11.6 Å². The van der Waals surface area contributed by atoms with Crippen molar-refractivity contribution in [2.45, 2.75) is 38.6 Å². The number of carbonyl (C=O) groups is 1. The summed E-state index contributed by atoms with van der Waals surface area (Å²) in [7, 11) is 0. The molecule has 0 radical (unpaired) electrons. The van der Waals surface area contributed by atoms with Crippen molar-refractivity contribution in [3.63, 3.8) is 0 Å². The smallest absolute Gasteiger partial charge is 0.255 e. The summed E-state index contributed by atoms with van der Waals surface area (Å²) in [5.74, 6) is 0.105. The number of nitrogens with zero attached hydrogens (tertiary/aromatic N) is 2. The van der Waals surface area contributed by atoms with Gasteiger partial charge in [0.1, 0.15) is 0 Å². The summed E-state index contributed by atoms with van der Waals surface area (Å²) in [5.41, 5.74) is 0.674. The molecule has 0 N–H and O–H groups in total. The van der Waals surface area contributed by atoms with Gasteiger partial charge in [-0.1, -0.05) is 12.8 Å². The zero-order valence-electron chi connectivity index (χ0n) is 10.0. The maximum atomic E-state index is 12.4. The number of halogens is 1. The number of aromatic nitrogens is 1. The van der Waals surface area contributed by atoms with Crippen LogP contribution >= 0.6 is 15.9 Å². The third-order valence-corrected chi connectivity index (χ3v) is 3.70. The van der Waals surface area contributed by atoms with E-state index in [1.807, 2.05) is 11.0 Å².